The number of aryl methyl sites for hydroxylation is 1. The fourth-order valence-electron chi connectivity index (χ4n) is 0.499. The summed E-state index contributed by atoms with van der Waals surface area (Å²) in [6.07, 6.45) is 1.69. The minimum Gasteiger partial charge on any atom is -0.307 e. The molecule has 0 fully saturated rings. The highest BCUT2D eigenvalue weighted by molar-refractivity contribution is 6.29. The van der Waals surface area contributed by atoms with Crippen LogP contribution in [0.1, 0.15) is 5.56 Å². The van der Waals surface area contributed by atoms with Crippen LogP contribution in [0.5, 0.6) is 0 Å². The maximum atomic E-state index is 8.00. The Morgan fingerprint density at radius 1 is 1.60 bits per heavy atom. The molecule has 3 heteroatoms. The van der Waals surface area contributed by atoms with Crippen molar-refractivity contribution in [3.8, 4) is 0 Å². The first-order chi connectivity index (χ1) is 4.79. The van der Waals surface area contributed by atoms with Crippen molar-refractivity contribution in [1.82, 2.24) is 4.98 Å². The van der Waals surface area contributed by atoms with Crippen LogP contribution in [0.4, 0.5) is 0 Å². The number of halogens is 1. The molecular formula is C7H8ClNO. The van der Waals surface area contributed by atoms with Gasteiger partial charge in [0.1, 0.15) is 11.9 Å². The molecule has 0 aromatic carbocycles. The molecule has 1 aromatic heterocycles. The lowest BCUT2D eigenvalue weighted by Crippen LogP contribution is -1.73. The van der Waals surface area contributed by atoms with Gasteiger partial charge in [-0.15, -0.1) is 0 Å². The van der Waals surface area contributed by atoms with Gasteiger partial charge in [0.05, 0.1) is 0 Å². The second-order valence-corrected chi connectivity index (χ2v) is 2.04. The van der Waals surface area contributed by atoms with Gasteiger partial charge < -0.3 is 4.79 Å². The zero-order chi connectivity index (χ0) is 7.98. The van der Waals surface area contributed by atoms with E-state index in [1.165, 1.54) is 0 Å². The third-order valence-electron chi connectivity index (χ3n) is 0.882. The van der Waals surface area contributed by atoms with Gasteiger partial charge in [0, 0.05) is 6.20 Å². The molecule has 0 spiro atoms. The Hall–Kier alpha value is -0.890. The molecule has 0 radical (unpaired) electrons. The van der Waals surface area contributed by atoms with Crippen LogP contribution in [0.2, 0.25) is 5.15 Å². The van der Waals surface area contributed by atoms with E-state index >= 15 is 0 Å². The predicted octanol–water partition coefficient (Wildman–Crippen LogP) is 1.86. The summed E-state index contributed by atoms with van der Waals surface area (Å²) in [4.78, 5) is 11.8. The van der Waals surface area contributed by atoms with E-state index in [9.17, 15) is 0 Å². The quantitative estimate of drug-likeness (QED) is 0.538. The summed E-state index contributed by atoms with van der Waals surface area (Å²) >= 11 is 5.53. The number of hydrogen-bond acceptors (Lipinski definition) is 2. The lowest BCUT2D eigenvalue weighted by molar-refractivity contribution is -0.0979. The van der Waals surface area contributed by atoms with E-state index in [4.69, 9.17) is 16.4 Å². The second-order valence-electron chi connectivity index (χ2n) is 1.66. The molecule has 0 N–H and O–H groups in total. The molecule has 10 heavy (non-hydrogen) atoms. The minimum absolute atomic E-state index is 0.560. The van der Waals surface area contributed by atoms with E-state index in [1.807, 2.05) is 25.8 Å². The van der Waals surface area contributed by atoms with Crippen molar-refractivity contribution >= 4 is 18.4 Å². The van der Waals surface area contributed by atoms with Crippen molar-refractivity contribution in [2.45, 2.75) is 6.92 Å². The number of pyridine rings is 1. The van der Waals surface area contributed by atoms with Gasteiger partial charge in [-0.05, 0) is 24.6 Å². The summed E-state index contributed by atoms with van der Waals surface area (Å²) in [5, 5.41) is 0.560. The molecule has 0 bridgehead atoms. The normalized spacial score (nSPS) is 7.80. The Morgan fingerprint density at radius 3 is 2.50 bits per heavy atom. The van der Waals surface area contributed by atoms with Crippen molar-refractivity contribution in [3.63, 3.8) is 0 Å². The molecule has 2 nitrogen and oxygen atoms in total. The fraction of sp³-hybridized carbons (Fsp3) is 0.143. The van der Waals surface area contributed by atoms with Crippen LogP contribution in [0.15, 0.2) is 18.3 Å². The SMILES string of the molecule is C=O.Cc1ccnc(Cl)c1. The first-order valence-corrected chi connectivity index (χ1v) is 3.04. The number of hydrogen-bond donors (Lipinski definition) is 0. The average Bonchev–Trinajstić information content (AvgIpc) is 1.91. The topological polar surface area (TPSA) is 30.0 Å². The van der Waals surface area contributed by atoms with Crippen LogP contribution in [-0.4, -0.2) is 11.8 Å². The van der Waals surface area contributed by atoms with Crippen LogP contribution in [0.25, 0.3) is 0 Å². The summed E-state index contributed by atoms with van der Waals surface area (Å²) in [6.45, 7) is 3.98. The molecule has 0 saturated carbocycles. The minimum atomic E-state index is 0.560. The monoisotopic (exact) mass is 157 g/mol. The van der Waals surface area contributed by atoms with E-state index < -0.39 is 0 Å². The maximum Gasteiger partial charge on any atom is 0.129 e. The van der Waals surface area contributed by atoms with Crippen molar-refractivity contribution < 1.29 is 4.79 Å². The largest absolute Gasteiger partial charge is 0.307 e. The zero-order valence-electron chi connectivity index (χ0n) is 5.67. The first kappa shape index (κ1) is 9.11. The lowest BCUT2D eigenvalue weighted by atomic mass is 10.3. The fourth-order valence-corrected chi connectivity index (χ4v) is 0.728. The van der Waals surface area contributed by atoms with Gasteiger partial charge in [0.25, 0.3) is 0 Å². The smallest absolute Gasteiger partial charge is 0.129 e. The van der Waals surface area contributed by atoms with E-state index in [0.29, 0.717) is 5.15 Å². The van der Waals surface area contributed by atoms with Gasteiger partial charge in [-0.3, -0.25) is 0 Å². The van der Waals surface area contributed by atoms with Gasteiger partial charge in [-0.25, -0.2) is 4.98 Å². The van der Waals surface area contributed by atoms with Crippen LogP contribution in [0, 0.1) is 6.92 Å². The Balaban J connectivity index is 0.000000371. The molecule has 0 aliphatic carbocycles. The standard InChI is InChI=1S/C6H6ClN.CH2O/c1-5-2-3-8-6(7)4-5;1-2/h2-4H,1H3;1H2. The second kappa shape index (κ2) is 4.94. The highest BCUT2D eigenvalue weighted by Gasteiger charge is 1.84. The number of carbonyl (C=O) groups is 1. The number of nitrogens with zero attached hydrogens (tertiary/aromatic N) is 1. The van der Waals surface area contributed by atoms with E-state index in [1.54, 1.807) is 6.20 Å². The number of aromatic nitrogens is 1. The molecule has 0 aliphatic heterocycles. The molecule has 0 atom stereocenters. The molecule has 1 heterocycles. The molecular weight excluding hydrogens is 150 g/mol. The number of rotatable bonds is 0. The zero-order valence-corrected chi connectivity index (χ0v) is 6.43. The van der Waals surface area contributed by atoms with Crippen molar-refractivity contribution in [3.05, 3.63) is 29.0 Å². The van der Waals surface area contributed by atoms with E-state index in [-0.39, 0.29) is 0 Å². The Kier molecular flexibility index (Phi) is 4.50. The van der Waals surface area contributed by atoms with Gasteiger partial charge in [0.2, 0.25) is 0 Å². The van der Waals surface area contributed by atoms with Crippen LogP contribution in [-0.2, 0) is 4.79 Å². The summed E-state index contributed by atoms with van der Waals surface area (Å²) in [6, 6.07) is 3.73. The maximum absolute atomic E-state index is 8.00. The Bertz CT molecular complexity index is 185. The molecule has 0 unspecified atom stereocenters. The highest BCUT2D eigenvalue weighted by Crippen LogP contribution is 2.04. The van der Waals surface area contributed by atoms with Crippen LogP contribution >= 0.6 is 11.6 Å². The molecule has 1 aromatic rings. The summed E-state index contributed by atoms with van der Waals surface area (Å²) in [5.74, 6) is 0. The third kappa shape index (κ3) is 3.20. The van der Waals surface area contributed by atoms with Crippen molar-refractivity contribution in [1.29, 1.82) is 0 Å². The van der Waals surface area contributed by atoms with Crippen molar-refractivity contribution in [2.75, 3.05) is 0 Å². The van der Waals surface area contributed by atoms with Gasteiger partial charge in [-0.1, -0.05) is 11.6 Å². The summed E-state index contributed by atoms with van der Waals surface area (Å²) in [7, 11) is 0. The van der Waals surface area contributed by atoms with Gasteiger partial charge in [-0.2, -0.15) is 0 Å². The molecule has 0 saturated heterocycles. The van der Waals surface area contributed by atoms with Gasteiger partial charge in [0.15, 0.2) is 0 Å². The summed E-state index contributed by atoms with van der Waals surface area (Å²) in [5.41, 5.74) is 1.14. The summed E-state index contributed by atoms with van der Waals surface area (Å²) < 4.78 is 0. The van der Waals surface area contributed by atoms with Crippen molar-refractivity contribution in [2.24, 2.45) is 0 Å². The lowest BCUT2D eigenvalue weighted by Gasteiger charge is -1.88. The Labute approximate surface area is 64.9 Å². The average molecular weight is 158 g/mol. The predicted molar refractivity (Wildman–Crippen MR) is 41.1 cm³/mol. The molecule has 1 rings (SSSR count). The first-order valence-electron chi connectivity index (χ1n) is 2.66. The van der Waals surface area contributed by atoms with E-state index in [2.05, 4.69) is 4.98 Å². The van der Waals surface area contributed by atoms with Crippen LogP contribution in [0.3, 0.4) is 0 Å². The highest BCUT2D eigenvalue weighted by atomic mass is 35.5. The van der Waals surface area contributed by atoms with Crippen LogP contribution < -0.4 is 0 Å². The Morgan fingerprint density at radius 2 is 2.20 bits per heavy atom. The number of carbonyl (C=O) groups excluding carboxylic acids is 1. The van der Waals surface area contributed by atoms with Gasteiger partial charge >= 0.3 is 0 Å². The van der Waals surface area contributed by atoms with E-state index in [0.717, 1.165) is 5.56 Å². The third-order valence-corrected chi connectivity index (χ3v) is 1.09. The molecule has 0 amide bonds. The molecule has 54 valence electrons. The molecule has 0 aliphatic rings.